The van der Waals surface area contributed by atoms with Crippen LogP contribution in [0.15, 0.2) is 36.4 Å². The van der Waals surface area contributed by atoms with Gasteiger partial charge in [0.05, 0.1) is 57.9 Å². The second-order valence-corrected chi connectivity index (χ2v) is 16.7. The van der Waals surface area contributed by atoms with Gasteiger partial charge in [0.15, 0.2) is 0 Å². The predicted molar refractivity (Wildman–Crippen MR) is 232 cm³/mol. The van der Waals surface area contributed by atoms with Crippen molar-refractivity contribution in [3.05, 3.63) is 47.5 Å². The van der Waals surface area contributed by atoms with Gasteiger partial charge in [-0.05, 0) is 116 Å². The molecular weight excluding hydrogens is 769 g/mol. The largest absolute Gasteiger partial charge is 0.481 e. The van der Waals surface area contributed by atoms with Gasteiger partial charge in [-0.25, -0.2) is 9.59 Å². The molecule has 2 aliphatic rings. The van der Waals surface area contributed by atoms with Crippen LogP contribution in [0.3, 0.4) is 0 Å². The average molecular weight is 835 g/mol. The number of likely N-dealkylation sites (tertiary alicyclic amines) is 2. The Balaban J connectivity index is 0.000000346. The molecule has 0 aromatic heterocycles. The number of carbonyl (C=O) groups is 4. The highest BCUT2D eigenvalue weighted by molar-refractivity contribution is 5.96. The minimum absolute atomic E-state index is 0.145. The molecule has 16 heteroatoms. The van der Waals surface area contributed by atoms with Crippen LogP contribution in [-0.2, 0) is 23.8 Å². The summed E-state index contributed by atoms with van der Waals surface area (Å²) in [4.78, 5) is 50.9. The number of nitrogen functional groups attached to an aromatic ring is 1. The van der Waals surface area contributed by atoms with Crippen LogP contribution < -0.4 is 21.7 Å². The van der Waals surface area contributed by atoms with E-state index in [1.54, 1.807) is 69.2 Å². The summed E-state index contributed by atoms with van der Waals surface area (Å²) in [7, 11) is 1.65. The quantitative estimate of drug-likeness (QED) is 0.102. The van der Waals surface area contributed by atoms with E-state index in [0.717, 1.165) is 44.3 Å². The number of aliphatic carboxylic acids is 1. The molecule has 2 aromatic rings. The molecule has 3 amide bonds. The number of nitrogens with two attached hydrogens (primary N) is 1. The minimum Gasteiger partial charge on any atom is -0.481 e. The highest BCUT2D eigenvalue weighted by Gasteiger charge is 2.32. The second-order valence-electron chi connectivity index (χ2n) is 16.7. The fourth-order valence-corrected chi connectivity index (χ4v) is 6.08. The first-order valence-electron chi connectivity index (χ1n) is 20.6. The van der Waals surface area contributed by atoms with Gasteiger partial charge in [-0.3, -0.25) is 9.59 Å². The van der Waals surface area contributed by atoms with Gasteiger partial charge in [0.2, 0.25) is 5.91 Å². The van der Waals surface area contributed by atoms with Gasteiger partial charge >= 0.3 is 18.2 Å². The van der Waals surface area contributed by atoms with Crippen LogP contribution in [-0.4, -0.2) is 103 Å². The molecule has 0 saturated carbocycles. The van der Waals surface area contributed by atoms with Gasteiger partial charge in [-0.15, -0.1) is 0 Å². The van der Waals surface area contributed by atoms with E-state index in [4.69, 9.17) is 30.3 Å². The maximum absolute atomic E-state index is 12.9. The van der Waals surface area contributed by atoms with Gasteiger partial charge in [0.1, 0.15) is 11.2 Å². The normalized spacial score (nSPS) is 16.2. The number of unbranched alkanes of at least 4 members (excludes halogenated alkanes) is 1. The summed E-state index contributed by atoms with van der Waals surface area (Å²) in [6, 6.07) is 14.6. The number of benzene rings is 2. The topological polar surface area (TPSA) is 232 Å². The fraction of sp³-hybridized carbons (Fsp3) is 0.591. The van der Waals surface area contributed by atoms with Crippen LogP contribution in [0.4, 0.5) is 32.3 Å². The Labute approximate surface area is 355 Å². The van der Waals surface area contributed by atoms with Crippen LogP contribution in [0.25, 0.3) is 0 Å². The number of nitriles is 2. The molecular formula is C44H66N8O8. The highest BCUT2D eigenvalue weighted by Crippen LogP contribution is 2.27. The van der Waals surface area contributed by atoms with Gasteiger partial charge in [0, 0.05) is 53.0 Å². The SMILES string of the molecule is CC(C)(C)OC(=O)N1CCC[C@@H](C(=O)O)C1.CCCCNc1cc(C#N)ccc1N.COCCCNc1cc(C#N)ccc1NC(=O)[C@@H]1CCCN(C(=O)OC(C)(C)C)C1. The number of nitrogens with zero attached hydrogens (tertiary/aromatic N) is 4. The summed E-state index contributed by atoms with van der Waals surface area (Å²) in [6.07, 6.45) is 5.04. The van der Waals surface area contributed by atoms with Crippen molar-refractivity contribution in [2.45, 2.75) is 105 Å². The number of carboxylic acids is 1. The summed E-state index contributed by atoms with van der Waals surface area (Å²) in [6.45, 7) is 16.9. The van der Waals surface area contributed by atoms with Crippen molar-refractivity contribution >= 4 is 46.8 Å². The van der Waals surface area contributed by atoms with Crippen LogP contribution >= 0.6 is 0 Å². The highest BCUT2D eigenvalue weighted by atomic mass is 16.6. The molecule has 2 fully saturated rings. The van der Waals surface area contributed by atoms with E-state index in [1.165, 1.54) is 4.90 Å². The Morgan fingerprint density at radius 3 is 1.80 bits per heavy atom. The Kier molecular flexibility index (Phi) is 21.0. The Morgan fingerprint density at radius 1 is 0.783 bits per heavy atom. The van der Waals surface area contributed by atoms with Gasteiger partial charge in [0.25, 0.3) is 0 Å². The van der Waals surface area contributed by atoms with Crippen molar-refractivity contribution in [3.8, 4) is 12.1 Å². The second kappa shape index (κ2) is 25.0. The van der Waals surface area contributed by atoms with Gasteiger partial charge in [-0.2, -0.15) is 10.5 Å². The monoisotopic (exact) mass is 835 g/mol. The fourth-order valence-electron chi connectivity index (χ4n) is 6.08. The molecule has 6 N–H and O–H groups in total. The van der Waals surface area contributed by atoms with E-state index in [1.807, 2.05) is 20.8 Å². The standard InChI is InChI=1S/C22H32N4O4.C11H15N3.C11H19NO4/c1-22(2,3)30-21(28)26-11-5-7-17(15-26)20(27)25-18-9-8-16(14-23)13-19(18)24-10-6-12-29-4;1-2-3-6-14-11-7-9(8-12)4-5-10(11)13;1-11(2,3)16-10(15)12-6-4-5-8(7-12)9(13)14/h8-9,13,17,24H,5-7,10-12,15H2,1-4H3,(H,25,27);4-5,7,14H,2-3,6,13H2,1H3;8H,4-7H2,1-3H3,(H,13,14)/t17-;;8-/m1.1/s1. The van der Waals surface area contributed by atoms with E-state index in [2.05, 4.69) is 35.0 Å². The molecule has 0 radical (unpaired) electrons. The number of amides is 3. The van der Waals surface area contributed by atoms with E-state index in [0.29, 0.717) is 73.8 Å². The zero-order valence-electron chi connectivity index (χ0n) is 36.7. The first kappa shape index (κ1) is 50.4. The number of methoxy groups -OCH3 is 1. The number of rotatable bonds is 12. The van der Waals surface area contributed by atoms with Crippen molar-refractivity contribution in [1.29, 1.82) is 10.5 Å². The summed E-state index contributed by atoms with van der Waals surface area (Å²) in [5.74, 6) is -1.76. The lowest BCUT2D eigenvalue weighted by Crippen LogP contribution is -2.45. The number of hydrogen-bond donors (Lipinski definition) is 5. The third-order valence-electron chi connectivity index (χ3n) is 9.14. The van der Waals surface area contributed by atoms with Crippen molar-refractivity contribution in [1.82, 2.24) is 9.80 Å². The summed E-state index contributed by atoms with van der Waals surface area (Å²) < 4.78 is 15.7. The molecule has 2 heterocycles. The van der Waals surface area contributed by atoms with Crippen LogP contribution in [0.1, 0.15) is 105 Å². The maximum Gasteiger partial charge on any atom is 0.410 e. The van der Waals surface area contributed by atoms with Gasteiger partial charge < -0.3 is 50.8 Å². The number of ether oxygens (including phenoxy) is 3. The first-order chi connectivity index (χ1) is 28.3. The van der Waals surface area contributed by atoms with E-state index in [-0.39, 0.29) is 24.5 Å². The van der Waals surface area contributed by atoms with Crippen molar-refractivity contribution in [2.24, 2.45) is 11.8 Å². The lowest BCUT2D eigenvalue weighted by atomic mass is 9.97. The predicted octanol–water partition coefficient (Wildman–Crippen LogP) is 7.66. The summed E-state index contributed by atoms with van der Waals surface area (Å²) >= 11 is 0. The number of carboxylic acid groups (broad SMARTS) is 1. The summed E-state index contributed by atoms with van der Waals surface area (Å²) in [5.41, 5.74) is 8.66. The van der Waals surface area contributed by atoms with Crippen LogP contribution in [0.2, 0.25) is 0 Å². The third-order valence-corrected chi connectivity index (χ3v) is 9.14. The van der Waals surface area contributed by atoms with Crippen molar-refractivity contribution < 1.29 is 38.5 Å². The van der Waals surface area contributed by atoms with Crippen LogP contribution in [0, 0.1) is 34.5 Å². The molecule has 4 rings (SSSR count). The number of anilines is 4. The van der Waals surface area contributed by atoms with E-state index < -0.39 is 29.2 Å². The maximum atomic E-state index is 12.9. The van der Waals surface area contributed by atoms with Crippen molar-refractivity contribution in [2.75, 3.05) is 74.7 Å². The lowest BCUT2D eigenvalue weighted by molar-refractivity contribution is -0.143. The lowest BCUT2D eigenvalue weighted by Gasteiger charge is -2.33. The Hall–Kier alpha value is -5.74. The molecule has 0 aliphatic carbocycles. The molecule has 0 spiro atoms. The molecule has 2 aromatic carbocycles. The molecule has 0 bridgehead atoms. The molecule has 2 aliphatic heterocycles. The number of piperidine rings is 2. The first-order valence-corrected chi connectivity index (χ1v) is 20.6. The molecule has 2 saturated heterocycles. The Morgan fingerprint density at radius 2 is 1.28 bits per heavy atom. The van der Waals surface area contributed by atoms with Crippen molar-refractivity contribution in [3.63, 3.8) is 0 Å². The Bertz CT molecular complexity index is 1790. The zero-order chi connectivity index (χ0) is 44.9. The number of carbonyl (C=O) groups excluding carboxylic acids is 3. The number of hydrogen-bond acceptors (Lipinski definition) is 12. The molecule has 330 valence electrons. The molecule has 0 unspecified atom stereocenters. The number of nitrogens with one attached hydrogen (secondary N) is 3. The molecule has 16 nitrogen and oxygen atoms in total. The van der Waals surface area contributed by atoms with E-state index >= 15 is 0 Å². The minimum atomic E-state index is -0.840. The molecule has 2 atom stereocenters. The smallest absolute Gasteiger partial charge is 0.410 e. The zero-order valence-corrected chi connectivity index (χ0v) is 36.7. The van der Waals surface area contributed by atoms with Gasteiger partial charge in [-0.1, -0.05) is 13.3 Å². The van der Waals surface area contributed by atoms with Crippen LogP contribution in [0.5, 0.6) is 0 Å². The average Bonchev–Trinajstić information content (AvgIpc) is 3.20. The summed E-state index contributed by atoms with van der Waals surface area (Å²) in [5, 5.41) is 36.2. The third kappa shape index (κ3) is 18.9. The molecule has 60 heavy (non-hydrogen) atoms. The van der Waals surface area contributed by atoms with E-state index in [9.17, 15) is 24.4 Å².